The van der Waals surface area contributed by atoms with Crippen molar-refractivity contribution < 1.29 is 0 Å². The van der Waals surface area contributed by atoms with Crippen molar-refractivity contribution >= 4 is 0 Å². The summed E-state index contributed by atoms with van der Waals surface area (Å²) in [5, 5.41) is 0. The summed E-state index contributed by atoms with van der Waals surface area (Å²) in [6.07, 6.45) is 6.49. The summed E-state index contributed by atoms with van der Waals surface area (Å²) in [5.74, 6) is 0. The molecule has 0 bridgehead atoms. The van der Waals surface area contributed by atoms with Crippen molar-refractivity contribution in [3.05, 3.63) is 24.0 Å². The molecule has 0 radical (unpaired) electrons. The first-order chi connectivity index (χ1) is 4.88. The maximum atomic E-state index is 2.41. The number of hydrogen-bond acceptors (Lipinski definition) is 0. The molecule has 0 N–H and O–H groups in total. The Balaban J connectivity index is 2.07. The van der Waals surface area contributed by atoms with Gasteiger partial charge in [-0.2, -0.15) is 0 Å². The molecular formula is C9H11N. The van der Waals surface area contributed by atoms with Gasteiger partial charge in [0.1, 0.15) is 0 Å². The van der Waals surface area contributed by atoms with Crippen LogP contribution in [-0.4, -0.2) is 4.57 Å². The van der Waals surface area contributed by atoms with Gasteiger partial charge in [0, 0.05) is 18.4 Å². The molecule has 1 aliphatic carbocycles. The van der Waals surface area contributed by atoms with E-state index in [0.717, 1.165) is 5.41 Å². The summed E-state index contributed by atoms with van der Waals surface area (Å²) in [6.45, 7) is 1.30. The van der Waals surface area contributed by atoms with Crippen molar-refractivity contribution in [2.75, 3.05) is 0 Å². The highest BCUT2D eigenvalue weighted by molar-refractivity contribution is 5.18. The average molecular weight is 133 g/mol. The second-order valence-electron chi connectivity index (χ2n) is 3.80. The second kappa shape index (κ2) is 1.31. The van der Waals surface area contributed by atoms with Crippen LogP contribution >= 0.6 is 0 Å². The van der Waals surface area contributed by atoms with E-state index >= 15 is 0 Å². The highest BCUT2D eigenvalue weighted by atomic mass is 15.0. The maximum absolute atomic E-state index is 2.41. The minimum Gasteiger partial charge on any atom is -0.351 e. The van der Waals surface area contributed by atoms with Gasteiger partial charge in [0.15, 0.2) is 0 Å². The van der Waals surface area contributed by atoms with E-state index in [1.165, 1.54) is 25.8 Å². The first-order valence-corrected chi connectivity index (χ1v) is 4.02. The summed E-state index contributed by atoms with van der Waals surface area (Å²) in [7, 11) is 0. The van der Waals surface area contributed by atoms with Crippen molar-refractivity contribution in [2.24, 2.45) is 5.41 Å². The van der Waals surface area contributed by atoms with E-state index in [1.54, 1.807) is 5.69 Å². The van der Waals surface area contributed by atoms with E-state index in [4.69, 9.17) is 0 Å². The zero-order valence-electron chi connectivity index (χ0n) is 6.01. The molecule has 2 heterocycles. The van der Waals surface area contributed by atoms with Crippen molar-refractivity contribution in [1.29, 1.82) is 0 Å². The molecule has 0 unspecified atom stereocenters. The van der Waals surface area contributed by atoms with Crippen molar-refractivity contribution in [3.8, 4) is 0 Å². The number of aromatic nitrogens is 1. The fourth-order valence-electron chi connectivity index (χ4n) is 2.08. The lowest BCUT2D eigenvalue weighted by atomic mass is 10.1. The van der Waals surface area contributed by atoms with E-state index in [2.05, 4.69) is 22.9 Å². The van der Waals surface area contributed by atoms with Gasteiger partial charge in [-0.1, -0.05) is 0 Å². The molecule has 1 spiro atoms. The first-order valence-electron chi connectivity index (χ1n) is 4.02. The molecule has 2 aliphatic rings. The van der Waals surface area contributed by atoms with Crippen LogP contribution in [0.1, 0.15) is 18.5 Å². The molecule has 1 fully saturated rings. The van der Waals surface area contributed by atoms with E-state index in [1.807, 2.05) is 0 Å². The molecule has 0 atom stereocenters. The number of fused-ring (bicyclic) bond motifs is 1. The van der Waals surface area contributed by atoms with Gasteiger partial charge in [0.05, 0.1) is 0 Å². The monoisotopic (exact) mass is 133 g/mol. The van der Waals surface area contributed by atoms with Crippen LogP contribution in [0.15, 0.2) is 18.3 Å². The molecule has 10 heavy (non-hydrogen) atoms. The van der Waals surface area contributed by atoms with E-state index < -0.39 is 0 Å². The van der Waals surface area contributed by atoms with Gasteiger partial charge in [0.2, 0.25) is 0 Å². The Morgan fingerprint density at radius 3 is 3.00 bits per heavy atom. The Morgan fingerprint density at radius 2 is 2.30 bits per heavy atom. The fraction of sp³-hybridized carbons (Fsp3) is 0.556. The van der Waals surface area contributed by atoms with Crippen LogP contribution in [0.5, 0.6) is 0 Å². The summed E-state index contributed by atoms with van der Waals surface area (Å²) in [6, 6.07) is 4.41. The number of nitrogens with zero attached hydrogens (tertiary/aromatic N) is 1. The Labute approximate surface area is 60.7 Å². The Morgan fingerprint density at radius 1 is 1.40 bits per heavy atom. The molecular weight excluding hydrogens is 122 g/mol. The molecule has 1 aliphatic heterocycles. The van der Waals surface area contributed by atoms with Crippen molar-refractivity contribution in [3.63, 3.8) is 0 Å². The van der Waals surface area contributed by atoms with Gasteiger partial charge < -0.3 is 4.57 Å². The van der Waals surface area contributed by atoms with Crippen LogP contribution in [0.3, 0.4) is 0 Å². The predicted octanol–water partition coefficient (Wildman–Crippen LogP) is 1.82. The molecule has 1 nitrogen and oxygen atoms in total. The third-order valence-electron chi connectivity index (χ3n) is 2.94. The molecule has 1 aromatic rings. The van der Waals surface area contributed by atoms with Gasteiger partial charge in [-0.25, -0.2) is 0 Å². The third-order valence-corrected chi connectivity index (χ3v) is 2.94. The van der Waals surface area contributed by atoms with Gasteiger partial charge in [-0.05, 0) is 36.8 Å². The smallest absolute Gasteiger partial charge is 0.0282 e. The van der Waals surface area contributed by atoms with E-state index in [9.17, 15) is 0 Å². The van der Waals surface area contributed by atoms with Gasteiger partial charge in [-0.3, -0.25) is 0 Å². The Bertz CT molecular complexity index is 246. The van der Waals surface area contributed by atoms with E-state index in [0.29, 0.717) is 0 Å². The number of rotatable bonds is 0. The normalized spacial score (nSPS) is 25.2. The standard InChI is InChI=1S/C9H11N/c1-2-8-6-9(3-4-9)7-10(8)5-1/h1-2,5H,3-4,6-7H2. The number of hydrogen-bond donors (Lipinski definition) is 0. The molecule has 1 heteroatoms. The lowest BCUT2D eigenvalue weighted by Gasteiger charge is -2.00. The fourth-order valence-corrected chi connectivity index (χ4v) is 2.08. The molecule has 0 saturated heterocycles. The Hall–Kier alpha value is -0.720. The van der Waals surface area contributed by atoms with Crippen LogP contribution in [0.2, 0.25) is 0 Å². The summed E-state index contributed by atoms with van der Waals surface area (Å²) in [5.41, 5.74) is 2.30. The molecule has 0 amide bonds. The Kier molecular flexibility index (Phi) is 0.657. The maximum Gasteiger partial charge on any atom is 0.0282 e. The van der Waals surface area contributed by atoms with E-state index in [-0.39, 0.29) is 0 Å². The minimum atomic E-state index is 0.747. The van der Waals surface area contributed by atoms with Crippen LogP contribution in [-0.2, 0) is 13.0 Å². The summed E-state index contributed by atoms with van der Waals surface area (Å²) < 4.78 is 2.41. The van der Waals surface area contributed by atoms with Crippen molar-refractivity contribution in [1.82, 2.24) is 4.57 Å². The van der Waals surface area contributed by atoms with Crippen LogP contribution in [0.25, 0.3) is 0 Å². The average Bonchev–Trinajstić information content (AvgIpc) is 2.28. The summed E-state index contributed by atoms with van der Waals surface area (Å²) >= 11 is 0. The lowest BCUT2D eigenvalue weighted by Crippen LogP contribution is -2.00. The molecule has 0 aromatic carbocycles. The topological polar surface area (TPSA) is 4.93 Å². The van der Waals surface area contributed by atoms with Crippen LogP contribution in [0, 0.1) is 5.41 Å². The highest BCUT2D eigenvalue weighted by Gasteiger charge is 2.46. The lowest BCUT2D eigenvalue weighted by molar-refractivity contribution is 0.496. The van der Waals surface area contributed by atoms with Crippen LogP contribution < -0.4 is 0 Å². The predicted molar refractivity (Wildman–Crippen MR) is 39.8 cm³/mol. The first kappa shape index (κ1) is 5.00. The zero-order chi connectivity index (χ0) is 6.60. The molecule has 52 valence electrons. The third kappa shape index (κ3) is 0.487. The molecule has 3 rings (SSSR count). The van der Waals surface area contributed by atoms with Gasteiger partial charge in [0.25, 0.3) is 0 Å². The largest absolute Gasteiger partial charge is 0.351 e. The molecule has 1 saturated carbocycles. The quantitative estimate of drug-likeness (QED) is 0.508. The van der Waals surface area contributed by atoms with Crippen molar-refractivity contribution in [2.45, 2.75) is 25.8 Å². The van der Waals surface area contributed by atoms with Crippen LogP contribution in [0.4, 0.5) is 0 Å². The molecule has 1 aromatic heterocycles. The minimum absolute atomic E-state index is 0.747. The second-order valence-corrected chi connectivity index (χ2v) is 3.80. The summed E-state index contributed by atoms with van der Waals surface area (Å²) in [4.78, 5) is 0. The zero-order valence-corrected chi connectivity index (χ0v) is 6.01. The van der Waals surface area contributed by atoms with Gasteiger partial charge in [-0.15, -0.1) is 0 Å². The SMILES string of the molecule is c1cc2n(c1)CC1(CC1)C2. The van der Waals surface area contributed by atoms with Gasteiger partial charge >= 0.3 is 0 Å². The highest BCUT2D eigenvalue weighted by Crippen LogP contribution is 2.53.